The van der Waals surface area contributed by atoms with Gasteiger partial charge in [-0.3, -0.25) is 0 Å². The second kappa shape index (κ2) is 4.06. The van der Waals surface area contributed by atoms with Gasteiger partial charge in [-0.2, -0.15) is 0 Å². The number of sulfonamides is 1. The lowest BCUT2D eigenvalue weighted by molar-refractivity contribution is 0.144. The van der Waals surface area contributed by atoms with Crippen LogP contribution in [0.3, 0.4) is 0 Å². The lowest BCUT2D eigenvalue weighted by atomic mass is 10.3. The molecular weight excluding hydrogens is 301 g/mol. The van der Waals surface area contributed by atoms with Crippen molar-refractivity contribution in [1.29, 1.82) is 0 Å². The fourth-order valence-corrected chi connectivity index (χ4v) is 1.86. The first-order valence-electron chi connectivity index (χ1n) is 3.40. The molecular formula is C6H4BrF3N2O2S. The highest BCUT2D eigenvalue weighted by Crippen LogP contribution is 2.30. The zero-order chi connectivity index (χ0) is 11.8. The van der Waals surface area contributed by atoms with Gasteiger partial charge in [0.05, 0.1) is 11.8 Å². The Labute approximate surface area is 91.5 Å². The van der Waals surface area contributed by atoms with Gasteiger partial charge in [-0.05, 0) is 15.9 Å². The maximum absolute atomic E-state index is 13.3. The molecule has 2 N–H and O–H groups in total. The maximum Gasteiger partial charge on any atom is 0.269 e. The third-order valence-electron chi connectivity index (χ3n) is 1.49. The van der Waals surface area contributed by atoms with E-state index < -0.39 is 37.3 Å². The van der Waals surface area contributed by atoms with E-state index in [1.54, 1.807) is 0 Å². The predicted octanol–water partition coefficient (Wildman–Crippen LogP) is 1.57. The molecule has 1 rings (SSSR count). The third kappa shape index (κ3) is 2.47. The van der Waals surface area contributed by atoms with Crippen LogP contribution in [0, 0.1) is 5.82 Å². The van der Waals surface area contributed by atoms with Crippen molar-refractivity contribution in [1.82, 2.24) is 4.98 Å². The zero-order valence-electron chi connectivity index (χ0n) is 6.92. The van der Waals surface area contributed by atoms with E-state index in [1.165, 1.54) is 0 Å². The Bertz CT molecular complexity index is 491. The van der Waals surface area contributed by atoms with E-state index >= 15 is 0 Å². The Morgan fingerprint density at radius 3 is 2.40 bits per heavy atom. The Kier molecular flexibility index (Phi) is 3.36. The number of primary sulfonamides is 1. The van der Waals surface area contributed by atoms with E-state index in [-0.39, 0.29) is 0 Å². The van der Waals surface area contributed by atoms with Gasteiger partial charge in [0.2, 0.25) is 10.0 Å². The van der Waals surface area contributed by atoms with Crippen LogP contribution in [-0.2, 0) is 10.0 Å². The summed E-state index contributed by atoms with van der Waals surface area (Å²) in [4.78, 5) is 2.21. The molecule has 15 heavy (non-hydrogen) atoms. The summed E-state index contributed by atoms with van der Waals surface area (Å²) in [6.07, 6.45) is -2.62. The SMILES string of the molecule is NS(=O)(=O)c1cnc(Br)c(C(F)F)c1F. The Morgan fingerprint density at radius 2 is 2.00 bits per heavy atom. The highest BCUT2D eigenvalue weighted by molar-refractivity contribution is 9.10. The predicted molar refractivity (Wildman–Crippen MR) is 48.2 cm³/mol. The van der Waals surface area contributed by atoms with Gasteiger partial charge in [0.15, 0.2) is 5.82 Å². The summed E-state index contributed by atoms with van der Waals surface area (Å²) in [5, 5.41) is 4.61. The van der Waals surface area contributed by atoms with E-state index in [4.69, 9.17) is 0 Å². The van der Waals surface area contributed by atoms with Crippen molar-refractivity contribution in [2.75, 3.05) is 0 Å². The minimum Gasteiger partial charge on any atom is -0.247 e. The molecule has 1 heterocycles. The monoisotopic (exact) mass is 304 g/mol. The van der Waals surface area contributed by atoms with Crippen molar-refractivity contribution in [3.63, 3.8) is 0 Å². The van der Waals surface area contributed by atoms with Crippen molar-refractivity contribution in [3.8, 4) is 0 Å². The summed E-state index contributed by atoms with van der Waals surface area (Å²) < 4.78 is 59.0. The number of hydrogen-bond donors (Lipinski definition) is 1. The number of rotatable bonds is 2. The fraction of sp³-hybridized carbons (Fsp3) is 0.167. The smallest absolute Gasteiger partial charge is 0.247 e. The summed E-state index contributed by atoms with van der Waals surface area (Å²) in [7, 11) is -4.40. The minimum atomic E-state index is -4.40. The van der Waals surface area contributed by atoms with E-state index in [1.807, 2.05) is 0 Å². The zero-order valence-corrected chi connectivity index (χ0v) is 9.32. The van der Waals surface area contributed by atoms with E-state index in [0.29, 0.717) is 6.20 Å². The van der Waals surface area contributed by atoms with Gasteiger partial charge in [-0.15, -0.1) is 0 Å². The first kappa shape index (κ1) is 12.4. The molecule has 0 aliphatic rings. The standard InChI is InChI=1S/C6H4BrF3N2O2S/c7-5-3(6(9)10)4(8)2(1-12-5)15(11,13)14/h1,6H,(H2,11,13,14). The molecule has 0 spiro atoms. The number of nitrogens with zero attached hydrogens (tertiary/aromatic N) is 1. The second-order valence-electron chi connectivity index (χ2n) is 2.49. The van der Waals surface area contributed by atoms with Crippen LogP contribution < -0.4 is 5.14 Å². The molecule has 1 aromatic heterocycles. The molecule has 0 unspecified atom stereocenters. The van der Waals surface area contributed by atoms with Gasteiger partial charge >= 0.3 is 0 Å². The Hall–Kier alpha value is -0.670. The summed E-state index contributed by atoms with van der Waals surface area (Å²) in [5.74, 6) is -1.59. The van der Waals surface area contributed by atoms with Crippen LogP contribution in [0.2, 0.25) is 0 Å². The molecule has 0 saturated heterocycles. The van der Waals surface area contributed by atoms with E-state index in [2.05, 4.69) is 26.1 Å². The fourth-order valence-electron chi connectivity index (χ4n) is 0.849. The van der Waals surface area contributed by atoms with Crippen molar-refractivity contribution in [2.45, 2.75) is 11.3 Å². The Morgan fingerprint density at radius 1 is 1.47 bits per heavy atom. The molecule has 0 saturated carbocycles. The average molecular weight is 305 g/mol. The molecule has 0 amide bonds. The van der Waals surface area contributed by atoms with Crippen LogP contribution in [0.25, 0.3) is 0 Å². The molecule has 0 fully saturated rings. The highest BCUT2D eigenvalue weighted by Gasteiger charge is 2.25. The molecule has 84 valence electrons. The highest BCUT2D eigenvalue weighted by atomic mass is 79.9. The Balaban J connectivity index is 3.56. The molecule has 4 nitrogen and oxygen atoms in total. The molecule has 0 aromatic carbocycles. The van der Waals surface area contributed by atoms with Crippen molar-refractivity contribution >= 4 is 26.0 Å². The lowest BCUT2D eigenvalue weighted by Crippen LogP contribution is -2.16. The van der Waals surface area contributed by atoms with Gasteiger partial charge in [0, 0.05) is 0 Å². The van der Waals surface area contributed by atoms with Gasteiger partial charge in [0.1, 0.15) is 9.50 Å². The molecule has 0 aliphatic heterocycles. The van der Waals surface area contributed by atoms with Crippen molar-refractivity contribution < 1.29 is 21.6 Å². The van der Waals surface area contributed by atoms with E-state index in [9.17, 15) is 21.6 Å². The number of pyridine rings is 1. The van der Waals surface area contributed by atoms with Crippen LogP contribution in [0.1, 0.15) is 12.0 Å². The van der Waals surface area contributed by atoms with Crippen LogP contribution in [0.4, 0.5) is 13.2 Å². The van der Waals surface area contributed by atoms with Crippen LogP contribution in [-0.4, -0.2) is 13.4 Å². The van der Waals surface area contributed by atoms with Crippen LogP contribution >= 0.6 is 15.9 Å². The minimum absolute atomic E-state index is 0.456. The van der Waals surface area contributed by atoms with Crippen LogP contribution in [0.15, 0.2) is 15.7 Å². The average Bonchev–Trinajstić information content (AvgIpc) is 2.00. The number of hydrogen-bond acceptors (Lipinski definition) is 3. The maximum atomic E-state index is 13.3. The summed E-state index contributed by atoms with van der Waals surface area (Å²) >= 11 is 2.58. The van der Waals surface area contributed by atoms with Gasteiger partial charge < -0.3 is 0 Å². The second-order valence-corrected chi connectivity index (χ2v) is 4.77. The topological polar surface area (TPSA) is 73.1 Å². The largest absolute Gasteiger partial charge is 0.269 e. The molecule has 9 heteroatoms. The van der Waals surface area contributed by atoms with Crippen molar-refractivity contribution in [3.05, 3.63) is 22.2 Å². The molecule has 0 atom stereocenters. The quantitative estimate of drug-likeness (QED) is 0.843. The summed E-state index contributed by atoms with van der Waals surface area (Å²) in [6.45, 7) is 0. The normalized spacial score (nSPS) is 12.1. The number of aromatic nitrogens is 1. The molecule has 0 radical (unpaired) electrons. The lowest BCUT2D eigenvalue weighted by Gasteiger charge is -2.07. The first-order chi connectivity index (χ1) is 6.75. The van der Waals surface area contributed by atoms with Gasteiger partial charge in [-0.1, -0.05) is 0 Å². The van der Waals surface area contributed by atoms with E-state index in [0.717, 1.165) is 0 Å². The number of alkyl halides is 2. The first-order valence-corrected chi connectivity index (χ1v) is 5.74. The van der Waals surface area contributed by atoms with Crippen molar-refractivity contribution in [2.24, 2.45) is 5.14 Å². The van der Waals surface area contributed by atoms with Gasteiger partial charge in [-0.25, -0.2) is 31.7 Å². The molecule has 1 aromatic rings. The summed E-state index contributed by atoms with van der Waals surface area (Å²) in [6, 6.07) is 0. The molecule has 0 bridgehead atoms. The summed E-state index contributed by atoms with van der Waals surface area (Å²) in [5.41, 5.74) is -1.12. The third-order valence-corrected chi connectivity index (χ3v) is 3.02. The van der Waals surface area contributed by atoms with Crippen LogP contribution in [0.5, 0.6) is 0 Å². The molecule has 0 aliphatic carbocycles. The number of halogens is 4. The number of nitrogens with two attached hydrogens (primary N) is 1. The van der Waals surface area contributed by atoms with Gasteiger partial charge in [0.25, 0.3) is 6.43 Å².